The van der Waals surface area contributed by atoms with Crippen LogP contribution in [0.2, 0.25) is 0 Å². The number of amides is 1. The van der Waals surface area contributed by atoms with E-state index < -0.39 is 21.8 Å². The van der Waals surface area contributed by atoms with Crippen LogP contribution in [0.15, 0.2) is 53.4 Å². The van der Waals surface area contributed by atoms with Crippen molar-refractivity contribution in [3.8, 4) is 0 Å². The molecule has 0 N–H and O–H groups in total. The van der Waals surface area contributed by atoms with Crippen molar-refractivity contribution >= 4 is 21.6 Å². The van der Waals surface area contributed by atoms with Gasteiger partial charge in [0.2, 0.25) is 15.9 Å². The van der Waals surface area contributed by atoms with Crippen molar-refractivity contribution in [3.05, 3.63) is 59.7 Å². The fraction of sp³-hybridized carbons (Fsp3) is 0.409. The molecular weight excluding hydrogens is 443 g/mol. The van der Waals surface area contributed by atoms with Crippen LogP contribution in [0, 0.1) is 0 Å². The summed E-state index contributed by atoms with van der Waals surface area (Å²) in [5.74, 6) is 0.0507. The lowest BCUT2D eigenvalue weighted by atomic mass is 10.2. The number of benzene rings is 2. The van der Waals surface area contributed by atoms with Crippen LogP contribution in [0.25, 0.3) is 0 Å². The van der Waals surface area contributed by atoms with Crippen molar-refractivity contribution in [1.29, 1.82) is 0 Å². The zero-order valence-electron chi connectivity index (χ0n) is 17.4. The molecule has 0 saturated carbocycles. The average Bonchev–Trinajstić information content (AvgIpc) is 3.21. The number of nitrogens with zero attached hydrogens (tertiary/aromatic N) is 3. The Bertz CT molecular complexity index is 1080. The topological polar surface area (TPSA) is 60.9 Å². The highest BCUT2D eigenvalue weighted by atomic mass is 32.2. The minimum atomic E-state index is -4.51. The van der Waals surface area contributed by atoms with E-state index in [1.165, 1.54) is 9.87 Å². The number of piperazine rings is 1. The number of hydrogen-bond donors (Lipinski definition) is 0. The van der Waals surface area contributed by atoms with Gasteiger partial charge in [-0.2, -0.15) is 17.5 Å². The number of fused-ring (bicyclic) bond motifs is 1. The molecule has 172 valence electrons. The summed E-state index contributed by atoms with van der Waals surface area (Å²) in [5.41, 5.74) is 1.25. The number of sulfonamides is 1. The summed E-state index contributed by atoms with van der Waals surface area (Å²) in [7, 11) is -3.86. The van der Waals surface area contributed by atoms with Gasteiger partial charge in [-0.3, -0.25) is 4.79 Å². The quantitative estimate of drug-likeness (QED) is 0.679. The Balaban J connectivity index is 1.30. The van der Waals surface area contributed by atoms with Gasteiger partial charge in [0.1, 0.15) is 0 Å². The molecule has 2 aromatic rings. The molecule has 2 aliphatic heterocycles. The Hall–Kier alpha value is -2.43. The molecule has 0 spiro atoms. The Morgan fingerprint density at radius 2 is 1.56 bits per heavy atom. The molecule has 0 aliphatic carbocycles. The lowest BCUT2D eigenvalue weighted by Gasteiger charge is -2.34. The van der Waals surface area contributed by atoms with Crippen molar-refractivity contribution < 1.29 is 26.4 Å². The fourth-order valence-electron chi connectivity index (χ4n) is 4.14. The summed E-state index contributed by atoms with van der Waals surface area (Å²) in [5, 5.41) is 0. The summed E-state index contributed by atoms with van der Waals surface area (Å²) in [6.45, 7) is 2.59. The van der Waals surface area contributed by atoms with Gasteiger partial charge in [-0.1, -0.05) is 18.2 Å². The van der Waals surface area contributed by atoms with Gasteiger partial charge in [0.25, 0.3) is 0 Å². The van der Waals surface area contributed by atoms with Gasteiger partial charge >= 0.3 is 6.18 Å². The molecule has 0 radical (unpaired) electrons. The van der Waals surface area contributed by atoms with Gasteiger partial charge < -0.3 is 9.80 Å². The minimum Gasteiger partial charge on any atom is -0.312 e. The van der Waals surface area contributed by atoms with Gasteiger partial charge in [0.15, 0.2) is 0 Å². The van der Waals surface area contributed by atoms with Gasteiger partial charge in [-0.25, -0.2) is 8.42 Å². The number of hydrogen-bond acceptors (Lipinski definition) is 4. The summed E-state index contributed by atoms with van der Waals surface area (Å²) in [4.78, 5) is 16.4. The van der Waals surface area contributed by atoms with E-state index in [0.717, 1.165) is 36.4 Å². The Labute approximate surface area is 185 Å². The lowest BCUT2D eigenvalue weighted by molar-refractivity contribution is -0.137. The SMILES string of the molecule is O=C(CCN1CCN(S(=O)(=O)c2ccc(C(F)(F)F)cc2)CC1)N1CCc2ccccc21. The average molecular weight is 468 g/mol. The number of para-hydroxylation sites is 1. The van der Waals surface area contributed by atoms with E-state index >= 15 is 0 Å². The third-order valence-corrected chi connectivity index (χ3v) is 7.89. The molecule has 0 unspecified atom stereocenters. The molecule has 2 aliphatic rings. The first kappa shape index (κ1) is 22.8. The van der Waals surface area contributed by atoms with Crippen LogP contribution in [0.5, 0.6) is 0 Å². The van der Waals surface area contributed by atoms with Crippen molar-refractivity contribution in [2.45, 2.75) is 23.9 Å². The molecule has 1 fully saturated rings. The van der Waals surface area contributed by atoms with Crippen LogP contribution >= 0.6 is 0 Å². The molecule has 32 heavy (non-hydrogen) atoms. The van der Waals surface area contributed by atoms with E-state index in [2.05, 4.69) is 0 Å². The third-order valence-electron chi connectivity index (χ3n) is 5.98. The first-order valence-electron chi connectivity index (χ1n) is 10.4. The predicted molar refractivity (Wildman–Crippen MR) is 114 cm³/mol. The number of rotatable bonds is 5. The molecule has 2 aromatic carbocycles. The van der Waals surface area contributed by atoms with E-state index in [4.69, 9.17) is 0 Å². The van der Waals surface area contributed by atoms with Crippen LogP contribution in [-0.4, -0.2) is 62.8 Å². The number of alkyl halides is 3. The molecule has 0 aromatic heterocycles. The van der Waals surface area contributed by atoms with Crippen LogP contribution in [0.3, 0.4) is 0 Å². The van der Waals surface area contributed by atoms with Crippen molar-refractivity contribution in [1.82, 2.24) is 9.21 Å². The van der Waals surface area contributed by atoms with E-state index in [1.54, 1.807) is 4.90 Å². The maximum absolute atomic E-state index is 12.8. The van der Waals surface area contributed by atoms with Crippen molar-refractivity contribution in [3.63, 3.8) is 0 Å². The highest BCUT2D eigenvalue weighted by Crippen LogP contribution is 2.30. The molecule has 1 amide bonds. The lowest BCUT2D eigenvalue weighted by Crippen LogP contribution is -2.49. The Kier molecular flexibility index (Phi) is 6.28. The zero-order chi connectivity index (χ0) is 22.9. The van der Waals surface area contributed by atoms with Crippen molar-refractivity contribution in [2.24, 2.45) is 0 Å². The smallest absolute Gasteiger partial charge is 0.312 e. The minimum absolute atomic E-state index is 0.0507. The first-order chi connectivity index (χ1) is 15.2. The van der Waals surface area contributed by atoms with Gasteiger partial charge in [0, 0.05) is 51.4 Å². The largest absolute Gasteiger partial charge is 0.416 e. The fourth-order valence-corrected chi connectivity index (χ4v) is 5.57. The number of carbonyl (C=O) groups excluding carboxylic acids is 1. The van der Waals surface area contributed by atoms with E-state index in [-0.39, 0.29) is 23.9 Å². The normalized spacial score (nSPS) is 18.0. The van der Waals surface area contributed by atoms with Gasteiger partial charge in [0.05, 0.1) is 10.5 Å². The van der Waals surface area contributed by atoms with Gasteiger partial charge in [-0.05, 0) is 42.3 Å². The second-order valence-corrected chi connectivity index (χ2v) is 9.88. The number of anilines is 1. The number of carbonyl (C=O) groups is 1. The van der Waals surface area contributed by atoms with Crippen molar-refractivity contribution in [2.75, 3.05) is 44.2 Å². The monoisotopic (exact) mass is 467 g/mol. The Morgan fingerprint density at radius 3 is 2.22 bits per heavy atom. The maximum atomic E-state index is 12.8. The highest BCUT2D eigenvalue weighted by molar-refractivity contribution is 7.89. The zero-order valence-corrected chi connectivity index (χ0v) is 18.2. The standard InChI is InChI=1S/C22H24F3N3O3S/c23-22(24,25)18-5-7-19(8-6-18)32(30,31)27-15-13-26(14-16-27)11-10-21(29)28-12-9-17-3-1-2-4-20(17)28/h1-8H,9-16H2. The Morgan fingerprint density at radius 1 is 0.906 bits per heavy atom. The second kappa shape index (κ2) is 8.84. The van der Waals surface area contributed by atoms with Gasteiger partial charge in [-0.15, -0.1) is 0 Å². The third kappa shape index (κ3) is 4.67. The summed E-state index contributed by atoms with van der Waals surface area (Å²) in [6.07, 6.45) is -3.31. The first-order valence-corrected chi connectivity index (χ1v) is 11.9. The molecule has 4 rings (SSSR count). The van der Waals surface area contributed by atoms with Crippen LogP contribution in [0.4, 0.5) is 18.9 Å². The van der Waals surface area contributed by atoms with E-state index in [0.29, 0.717) is 32.6 Å². The highest BCUT2D eigenvalue weighted by Gasteiger charge is 2.33. The summed E-state index contributed by atoms with van der Waals surface area (Å²) in [6, 6.07) is 11.4. The molecule has 0 bridgehead atoms. The summed E-state index contributed by atoms with van der Waals surface area (Å²) >= 11 is 0. The van der Waals surface area contributed by atoms with E-state index in [1.807, 2.05) is 29.2 Å². The van der Waals surface area contributed by atoms with Crippen LogP contribution in [-0.2, 0) is 27.4 Å². The molecule has 6 nitrogen and oxygen atoms in total. The molecule has 10 heteroatoms. The summed E-state index contributed by atoms with van der Waals surface area (Å²) < 4.78 is 65.0. The maximum Gasteiger partial charge on any atom is 0.416 e. The molecule has 2 heterocycles. The second-order valence-electron chi connectivity index (χ2n) is 7.94. The predicted octanol–water partition coefficient (Wildman–Crippen LogP) is 2.99. The number of halogens is 3. The molecule has 1 saturated heterocycles. The van der Waals surface area contributed by atoms with Crippen LogP contribution < -0.4 is 4.90 Å². The molecule has 0 atom stereocenters. The van der Waals surface area contributed by atoms with Crippen LogP contribution in [0.1, 0.15) is 17.5 Å². The molecular formula is C22H24F3N3O3S. The van der Waals surface area contributed by atoms with E-state index in [9.17, 15) is 26.4 Å².